The number of anilines is 1. The highest BCUT2D eigenvalue weighted by molar-refractivity contribution is 9.10. The fourth-order valence-electron chi connectivity index (χ4n) is 1.86. The monoisotopic (exact) mass is 315 g/mol. The van der Waals surface area contributed by atoms with Gasteiger partial charge in [-0.2, -0.15) is 0 Å². The molecule has 1 amide bonds. The van der Waals surface area contributed by atoms with Crippen molar-refractivity contribution in [1.82, 2.24) is 9.97 Å². The Labute approximate surface area is 118 Å². The third-order valence-electron chi connectivity index (χ3n) is 2.75. The van der Waals surface area contributed by atoms with Crippen molar-refractivity contribution in [2.24, 2.45) is 0 Å². The molecule has 0 aliphatic heterocycles. The Kier molecular flexibility index (Phi) is 3.05. The lowest BCUT2D eigenvalue weighted by molar-refractivity contribution is 0.102. The van der Waals surface area contributed by atoms with E-state index in [1.54, 1.807) is 24.5 Å². The average Bonchev–Trinajstić information content (AvgIpc) is 2.83. The topological polar surface area (TPSA) is 57.8 Å². The molecular formula is C14H10BrN3O. The van der Waals surface area contributed by atoms with Gasteiger partial charge in [-0.05, 0) is 30.3 Å². The first kappa shape index (κ1) is 11.9. The molecule has 2 aromatic heterocycles. The summed E-state index contributed by atoms with van der Waals surface area (Å²) in [6.45, 7) is 0. The normalized spacial score (nSPS) is 10.6. The van der Waals surface area contributed by atoms with Gasteiger partial charge in [-0.3, -0.25) is 9.78 Å². The van der Waals surface area contributed by atoms with Gasteiger partial charge in [0, 0.05) is 21.6 Å². The maximum Gasteiger partial charge on any atom is 0.272 e. The van der Waals surface area contributed by atoms with Crippen LogP contribution in [0.4, 0.5) is 5.69 Å². The first-order valence-electron chi connectivity index (χ1n) is 5.72. The first-order chi connectivity index (χ1) is 9.22. The van der Waals surface area contributed by atoms with Gasteiger partial charge in [-0.1, -0.05) is 22.0 Å². The molecule has 0 spiro atoms. The first-order valence-corrected chi connectivity index (χ1v) is 6.51. The number of carbonyl (C=O) groups is 1. The molecule has 1 aromatic carbocycles. The quantitative estimate of drug-likeness (QED) is 0.759. The summed E-state index contributed by atoms with van der Waals surface area (Å²) < 4.78 is 0.973. The molecule has 2 N–H and O–H groups in total. The summed E-state index contributed by atoms with van der Waals surface area (Å²) in [6.07, 6.45) is 3.27. The van der Waals surface area contributed by atoms with E-state index in [1.807, 2.05) is 24.3 Å². The van der Waals surface area contributed by atoms with E-state index < -0.39 is 0 Å². The molecule has 3 aromatic rings. The molecule has 19 heavy (non-hydrogen) atoms. The van der Waals surface area contributed by atoms with Crippen LogP contribution in [0.3, 0.4) is 0 Å². The Balaban J connectivity index is 1.89. The van der Waals surface area contributed by atoms with Gasteiger partial charge in [0.2, 0.25) is 0 Å². The van der Waals surface area contributed by atoms with Crippen LogP contribution in [-0.4, -0.2) is 15.9 Å². The Morgan fingerprint density at radius 1 is 1.26 bits per heavy atom. The van der Waals surface area contributed by atoms with Crippen LogP contribution < -0.4 is 5.32 Å². The van der Waals surface area contributed by atoms with Gasteiger partial charge in [0.05, 0.1) is 11.9 Å². The number of aromatic amines is 1. The van der Waals surface area contributed by atoms with E-state index in [1.165, 1.54) is 0 Å². The highest BCUT2D eigenvalue weighted by Gasteiger charge is 2.09. The van der Waals surface area contributed by atoms with E-state index in [4.69, 9.17) is 0 Å². The number of hydrogen-bond donors (Lipinski definition) is 2. The van der Waals surface area contributed by atoms with Crippen molar-refractivity contribution in [2.45, 2.75) is 0 Å². The number of H-pyrrole nitrogens is 1. The molecule has 0 fully saturated rings. The summed E-state index contributed by atoms with van der Waals surface area (Å²) in [7, 11) is 0. The second-order valence-electron chi connectivity index (χ2n) is 4.11. The van der Waals surface area contributed by atoms with Gasteiger partial charge >= 0.3 is 0 Å². The van der Waals surface area contributed by atoms with Crippen LogP contribution in [0.1, 0.15) is 10.5 Å². The summed E-state index contributed by atoms with van der Waals surface area (Å²) in [5.41, 5.74) is 2.12. The molecule has 2 heterocycles. The number of nitrogens with one attached hydrogen (secondary N) is 2. The Bertz CT molecular complexity index is 737. The van der Waals surface area contributed by atoms with Gasteiger partial charge in [-0.25, -0.2) is 0 Å². The van der Waals surface area contributed by atoms with Gasteiger partial charge in [0.1, 0.15) is 5.69 Å². The molecule has 0 aliphatic carbocycles. The van der Waals surface area contributed by atoms with Crippen LogP contribution in [0.5, 0.6) is 0 Å². The lowest BCUT2D eigenvalue weighted by atomic mass is 10.2. The van der Waals surface area contributed by atoms with Crippen molar-refractivity contribution in [3.63, 3.8) is 0 Å². The minimum Gasteiger partial charge on any atom is -0.350 e. The van der Waals surface area contributed by atoms with Crippen LogP contribution in [0, 0.1) is 0 Å². The Morgan fingerprint density at radius 2 is 2.16 bits per heavy atom. The minimum absolute atomic E-state index is 0.180. The van der Waals surface area contributed by atoms with E-state index >= 15 is 0 Å². The minimum atomic E-state index is -0.180. The van der Waals surface area contributed by atoms with Crippen molar-refractivity contribution >= 4 is 38.4 Å². The van der Waals surface area contributed by atoms with Gasteiger partial charge in [0.15, 0.2) is 0 Å². The molecular weight excluding hydrogens is 306 g/mol. The number of pyridine rings is 1. The summed E-state index contributed by atoms with van der Waals surface area (Å²) in [4.78, 5) is 19.1. The fourth-order valence-corrected chi connectivity index (χ4v) is 2.22. The second kappa shape index (κ2) is 4.85. The highest BCUT2D eigenvalue weighted by atomic mass is 79.9. The lowest BCUT2D eigenvalue weighted by Gasteiger charge is -2.01. The summed E-state index contributed by atoms with van der Waals surface area (Å²) in [5, 5.41) is 3.79. The van der Waals surface area contributed by atoms with Crippen molar-refractivity contribution in [3.8, 4) is 0 Å². The summed E-state index contributed by atoms with van der Waals surface area (Å²) in [6, 6.07) is 11.2. The lowest BCUT2D eigenvalue weighted by Crippen LogP contribution is -2.12. The molecule has 0 unspecified atom stereocenters. The predicted octanol–water partition coefficient (Wildman–Crippen LogP) is 3.58. The van der Waals surface area contributed by atoms with E-state index in [2.05, 4.69) is 31.2 Å². The number of benzene rings is 1. The largest absolute Gasteiger partial charge is 0.350 e. The summed E-state index contributed by atoms with van der Waals surface area (Å²) in [5.74, 6) is -0.180. The van der Waals surface area contributed by atoms with E-state index in [9.17, 15) is 4.79 Å². The number of hydrogen-bond acceptors (Lipinski definition) is 2. The van der Waals surface area contributed by atoms with Crippen molar-refractivity contribution < 1.29 is 4.79 Å². The molecule has 0 atom stereocenters. The Hall–Kier alpha value is -2.14. The zero-order valence-electron chi connectivity index (χ0n) is 9.85. The number of fused-ring (bicyclic) bond motifs is 1. The third kappa shape index (κ3) is 2.51. The Morgan fingerprint density at radius 3 is 2.95 bits per heavy atom. The molecule has 4 nitrogen and oxygen atoms in total. The zero-order valence-corrected chi connectivity index (χ0v) is 11.4. The summed E-state index contributed by atoms with van der Waals surface area (Å²) >= 11 is 3.40. The standard InChI is InChI=1S/C14H10BrN3O/c15-10-4-3-9-6-13(18-12(9)7-10)14(19)17-11-2-1-5-16-8-11/h1-8,18H,(H,17,19). The van der Waals surface area contributed by atoms with Crippen LogP contribution >= 0.6 is 15.9 Å². The van der Waals surface area contributed by atoms with Crippen molar-refractivity contribution in [3.05, 3.63) is 59.0 Å². The maximum atomic E-state index is 12.1. The highest BCUT2D eigenvalue weighted by Crippen LogP contribution is 2.20. The fraction of sp³-hybridized carbons (Fsp3) is 0. The molecule has 0 radical (unpaired) electrons. The van der Waals surface area contributed by atoms with E-state index in [0.29, 0.717) is 11.4 Å². The average molecular weight is 316 g/mol. The van der Waals surface area contributed by atoms with Crippen LogP contribution in [0.2, 0.25) is 0 Å². The maximum absolute atomic E-state index is 12.1. The molecule has 0 saturated carbocycles. The van der Waals surface area contributed by atoms with Crippen molar-refractivity contribution in [1.29, 1.82) is 0 Å². The molecule has 5 heteroatoms. The second-order valence-corrected chi connectivity index (χ2v) is 5.03. The number of nitrogens with zero attached hydrogens (tertiary/aromatic N) is 1. The van der Waals surface area contributed by atoms with Crippen LogP contribution in [-0.2, 0) is 0 Å². The number of amides is 1. The number of aromatic nitrogens is 2. The zero-order chi connectivity index (χ0) is 13.2. The smallest absolute Gasteiger partial charge is 0.272 e. The molecule has 3 rings (SSSR count). The number of carbonyl (C=O) groups excluding carboxylic acids is 1. The van der Waals surface area contributed by atoms with Gasteiger partial charge in [0.25, 0.3) is 5.91 Å². The molecule has 0 saturated heterocycles. The number of halogens is 1. The number of rotatable bonds is 2. The molecule has 0 bridgehead atoms. The molecule has 0 aliphatic rings. The van der Waals surface area contributed by atoms with Gasteiger partial charge < -0.3 is 10.3 Å². The van der Waals surface area contributed by atoms with Gasteiger partial charge in [-0.15, -0.1) is 0 Å². The SMILES string of the molecule is O=C(Nc1cccnc1)c1cc2ccc(Br)cc2[nH]1. The third-order valence-corrected chi connectivity index (χ3v) is 3.24. The van der Waals surface area contributed by atoms with E-state index in [-0.39, 0.29) is 5.91 Å². The van der Waals surface area contributed by atoms with Crippen LogP contribution in [0.15, 0.2) is 53.3 Å². The predicted molar refractivity (Wildman–Crippen MR) is 78.2 cm³/mol. The molecule has 94 valence electrons. The van der Waals surface area contributed by atoms with Crippen molar-refractivity contribution in [2.75, 3.05) is 5.32 Å². The van der Waals surface area contributed by atoms with Crippen LogP contribution in [0.25, 0.3) is 10.9 Å². The van der Waals surface area contributed by atoms with E-state index in [0.717, 1.165) is 15.4 Å².